The SMILES string of the molecule is CCNCc1ccc(S(=O)(=O)N2CCCC(C)C2)nc1. The van der Waals surface area contributed by atoms with Crippen LogP contribution < -0.4 is 5.32 Å². The van der Waals surface area contributed by atoms with Gasteiger partial charge in [-0.2, -0.15) is 4.31 Å². The van der Waals surface area contributed by atoms with Crippen LogP contribution in [0.1, 0.15) is 32.3 Å². The summed E-state index contributed by atoms with van der Waals surface area (Å²) in [4.78, 5) is 4.13. The first-order valence-electron chi connectivity index (χ1n) is 7.20. The van der Waals surface area contributed by atoms with Crippen LogP contribution in [0.15, 0.2) is 23.4 Å². The van der Waals surface area contributed by atoms with Crippen molar-refractivity contribution < 1.29 is 8.42 Å². The van der Waals surface area contributed by atoms with Crippen LogP contribution >= 0.6 is 0 Å². The Morgan fingerprint density at radius 2 is 2.25 bits per heavy atom. The van der Waals surface area contributed by atoms with Crippen LogP contribution in [-0.2, 0) is 16.6 Å². The predicted octanol–water partition coefficient (Wildman–Crippen LogP) is 1.61. The van der Waals surface area contributed by atoms with Crippen molar-refractivity contribution in [2.75, 3.05) is 19.6 Å². The van der Waals surface area contributed by atoms with E-state index >= 15 is 0 Å². The van der Waals surface area contributed by atoms with Crippen LogP contribution in [-0.4, -0.2) is 37.3 Å². The molecule has 0 aromatic carbocycles. The molecule has 112 valence electrons. The summed E-state index contributed by atoms with van der Waals surface area (Å²) < 4.78 is 26.6. The van der Waals surface area contributed by atoms with E-state index < -0.39 is 10.0 Å². The van der Waals surface area contributed by atoms with E-state index in [9.17, 15) is 8.42 Å². The summed E-state index contributed by atoms with van der Waals surface area (Å²) in [6.07, 6.45) is 3.67. The third-order valence-electron chi connectivity index (χ3n) is 3.60. The number of pyridine rings is 1. The fourth-order valence-electron chi connectivity index (χ4n) is 2.43. The van der Waals surface area contributed by atoms with Crippen molar-refractivity contribution in [2.45, 2.75) is 38.3 Å². The number of hydrogen-bond donors (Lipinski definition) is 1. The first-order chi connectivity index (χ1) is 9.54. The molecule has 1 aliphatic rings. The second kappa shape index (κ2) is 6.65. The van der Waals surface area contributed by atoms with E-state index in [0.29, 0.717) is 25.6 Å². The Morgan fingerprint density at radius 1 is 1.45 bits per heavy atom. The summed E-state index contributed by atoms with van der Waals surface area (Å²) in [7, 11) is -3.43. The van der Waals surface area contributed by atoms with Gasteiger partial charge >= 0.3 is 0 Å². The molecule has 0 radical (unpaired) electrons. The summed E-state index contributed by atoms with van der Waals surface area (Å²) in [6, 6.07) is 3.44. The fourth-order valence-corrected chi connectivity index (χ4v) is 3.94. The lowest BCUT2D eigenvalue weighted by Crippen LogP contribution is -2.39. The zero-order valence-corrected chi connectivity index (χ0v) is 13.0. The number of hydrogen-bond acceptors (Lipinski definition) is 4. The van der Waals surface area contributed by atoms with Gasteiger partial charge in [-0.25, -0.2) is 13.4 Å². The van der Waals surface area contributed by atoms with Crippen molar-refractivity contribution in [1.29, 1.82) is 0 Å². The predicted molar refractivity (Wildman–Crippen MR) is 78.8 cm³/mol. The molecule has 6 heteroatoms. The van der Waals surface area contributed by atoms with Gasteiger partial charge in [0.1, 0.15) is 0 Å². The highest BCUT2D eigenvalue weighted by atomic mass is 32.2. The molecule has 1 unspecified atom stereocenters. The second-order valence-electron chi connectivity index (χ2n) is 5.40. The zero-order chi connectivity index (χ0) is 14.6. The van der Waals surface area contributed by atoms with Crippen molar-refractivity contribution >= 4 is 10.0 Å². The summed E-state index contributed by atoms with van der Waals surface area (Å²) in [6.45, 7) is 6.92. The molecule has 0 spiro atoms. The molecule has 2 rings (SSSR count). The lowest BCUT2D eigenvalue weighted by molar-refractivity contribution is 0.280. The second-order valence-corrected chi connectivity index (χ2v) is 7.28. The largest absolute Gasteiger partial charge is 0.313 e. The van der Waals surface area contributed by atoms with E-state index in [1.165, 1.54) is 0 Å². The maximum absolute atomic E-state index is 12.5. The van der Waals surface area contributed by atoms with E-state index in [0.717, 1.165) is 24.9 Å². The highest BCUT2D eigenvalue weighted by Crippen LogP contribution is 2.22. The molecule has 1 aromatic rings. The van der Waals surface area contributed by atoms with Gasteiger partial charge in [-0.1, -0.05) is 19.9 Å². The summed E-state index contributed by atoms with van der Waals surface area (Å²) >= 11 is 0. The van der Waals surface area contributed by atoms with Gasteiger partial charge in [0.15, 0.2) is 5.03 Å². The number of nitrogens with one attached hydrogen (secondary N) is 1. The molecule has 1 N–H and O–H groups in total. The van der Waals surface area contributed by atoms with Crippen LogP contribution in [0.25, 0.3) is 0 Å². The Balaban J connectivity index is 2.12. The van der Waals surface area contributed by atoms with Gasteiger partial charge < -0.3 is 5.32 Å². The van der Waals surface area contributed by atoms with E-state index in [2.05, 4.69) is 17.2 Å². The molecule has 1 atom stereocenters. The molecular formula is C14H23N3O2S. The van der Waals surface area contributed by atoms with Crippen molar-refractivity contribution in [1.82, 2.24) is 14.6 Å². The molecule has 2 heterocycles. The monoisotopic (exact) mass is 297 g/mol. The molecule has 0 aliphatic carbocycles. The van der Waals surface area contributed by atoms with Crippen molar-refractivity contribution in [3.05, 3.63) is 23.9 Å². The van der Waals surface area contributed by atoms with Crippen molar-refractivity contribution in [3.8, 4) is 0 Å². The highest BCUT2D eigenvalue weighted by Gasteiger charge is 2.29. The van der Waals surface area contributed by atoms with Gasteiger partial charge in [-0.05, 0) is 36.9 Å². The first-order valence-corrected chi connectivity index (χ1v) is 8.64. The maximum Gasteiger partial charge on any atom is 0.260 e. The lowest BCUT2D eigenvalue weighted by Gasteiger charge is -2.29. The summed E-state index contributed by atoms with van der Waals surface area (Å²) in [5.74, 6) is 0.423. The van der Waals surface area contributed by atoms with Crippen LogP contribution in [0.5, 0.6) is 0 Å². The molecule has 1 saturated heterocycles. The number of sulfonamides is 1. The number of nitrogens with zero attached hydrogens (tertiary/aromatic N) is 2. The van der Waals surface area contributed by atoms with Crippen LogP contribution in [0, 0.1) is 5.92 Å². The minimum absolute atomic E-state index is 0.159. The minimum atomic E-state index is -3.43. The highest BCUT2D eigenvalue weighted by molar-refractivity contribution is 7.89. The fraction of sp³-hybridized carbons (Fsp3) is 0.643. The molecule has 1 aliphatic heterocycles. The molecule has 0 amide bonds. The smallest absolute Gasteiger partial charge is 0.260 e. The van der Waals surface area contributed by atoms with E-state index in [-0.39, 0.29) is 5.03 Å². The summed E-state index contributed by atoms with van der Waals surface area (Å²) in [5.41, 5.74) is 0.998. The molecule has 0 bridgehead atoms. The average molecular weight is 297 g/mol. The molecule has 20 heavy (non-hydrogen) atoms. The van der Waals surface area contributed by atoms with Gasteiger partial charge in [0, 0.05) is 25.8 Å². The molecule has 1 fully saturated rings. The molecule has 1 aromatic heterocycles. The Hall–Kier alpha value is -0.980. The molecule has 5 nitrogen and oxygen atoms in total. The third kappa shape index (κ3) is 3.56. The quantitative estimate of drug-likeness (QED) is 0.897. The standard InChI is InChI=1S/C14H23N3O2S/c1-3-15-9-13-6-7-14(16-10-13)20(18,19)17-8-4-5-12(2)11-17/h6-7,10,12,15H,3-5,8-9,11H2,1-2H3. The van der Waals surface area contributed by atoms with Crippen LogP contribution in [0.2, 0.25) is 0 Å². The number of rotatable bonds is 5. The third-order valence-corrected chi connectivity index (χ3v) is 5.38. The van der Waals surface area contributed by atoms with E-state index in [4.69, 9.17) is 0 Å². The Labute approximate surface area is 121 Å². The Kier molecular flexibility index (Phi) is 5.12. The normalized spacial score (nSPS) is 21.0. The number of piperidine rings is 1. The lowest BCUT2D eigenvalue weighted by atomic mass is 10.0. The summed E-state index contributed by atoms with van der Waals surface area (Å²) in [5, 5.41) is 3.35. The zero-order valence-electron chi connectivity index (χ0n) is 12.2. The first kappa shape index (κ1) is 15.4. The van der Waals surface area contributed by atoms with Crippen LogP contribution in [0.4, 0.5) is 0 Å². The van der Waals surface area contributed by atoms with E-state index in [1.54, 1.807) is 16.6 Å². The maximum atomic E-state index is 12.5. The Bertz CT molecular complexity index is 528. The van der Waals surface area contributed by atoms with Gasteiger partial charge in [0.2, 0.25) is 0 Å². The van der Waals surface area contributed by atoms with Gasteiger partial charge in [0.25, 0.3) is 10.0 Å². The van der Waals surface area contributed by atoms with Crippen LogP contribution in [0.3, 0.4) is 0 Å². The van der Waals surface area contributed by atoms with Gasteiger partial charge in [0.05, 0.1) is 0 Å². The average Bonchev–Trinajstić information content (AvgIpc) is 2.45. The number of aromatic nitrogens is 1. The van der Waals surface area contributed by atoms with Crippen molar-refractivity contribution in [3.63, 3.8) is 0 Å². The topological polar surface area (TPSA) is 62.3 Å². The van der Waals surface area contributed by atoms with Crippen molar-refractivity contribution in [2.24, 2.45) is 5.92 Å². The molecular weight excluding hydrogens is 274 g/mol. The van der Waals surface area contributed by atoms with Gasteiger partial charge in [-0.15, -0.1) is 0 Å². The minimum Gasteiger partial charge on any atom is -0.313 e. The van der Waals surface area contributed by atoms with Gasteiger partial charge in [-0.3, -0.25) is 0 Å². The molecule has 0 saturated carbocycles. The van der Waals surface area contributed by atoms with E-state index in [1.807, 2.05) is 13.0 Å². The Morgan fingerprint density at radius 3 is 2.85 bits per heavy atom.